The highest BCUT2D eigenvalue weighted by molar-refractivity contribution is 5.83. The van der Waals surface area contributed by atoms with Gasteiger partial charge >= 0.3 is 0 Å². The SMILES string of the molecule is O=C(Cc1ccccc1)Cc1cccnc1C1CNCCO1. The van der Waals surface area contributed by atoms with Crippen LogP contribution in [0.3, 0.4) is 0 Å². The van der Waals surface area contributed by atoms with Crippen LogP contribution in [0.15, 0.2) is 48.7 Å². The molecule has 0 aliphatic carbocycles. The number of ketones is 1. The zero-order valence-electron chi connectivity index (χ0n) is 12.5. The van der Waals surface area contributed by atoms with Crippen LogP contribution >= 0.6 is 0 Å². The molecule has 0 saturated carbocycles. The van der Waals surface area contributed by atoms with Gasteiger partial charge in [-0.1, -0.05) is 36.4 Å². The lowest BCUT2D eigenvalue weighted by atomic mass is 9.99. The molecule has 0 spiro atoms. The smallest absolute Gasteiger partial charge is 0.141 e. The van der Waals surface area contributed by atoms with Crippen molar-refractivity contribution < 1.29 is 9.53 Å². The lowest BCUT2D eigenvalue weighted by molar-refractivity contribution is -0.117. The van der Waals surface area contributed by atoms with E-state index < -0.39 is 0 Å². The van der Waals surface area contributed by atoms with Crippen molar-refractivity contribution in [2.45, 2.75) is 18.9 Å². The zero-order chi connectivity index (χ0) is 15.2. The maximum absolute atomic E-state index is 12.3. The van der Waals surface area contributed by atoms with Crippen LogP contribution in [-0.4, -0.2) is 30.5 Å². The molecule has 22 heavy (non-hydrogen) atoms. The fraction of sp³-hybridized carbons (Fsp3) is 0.333. The van der Waals surface area contributed by atoms with Gasteiger partial charge in [-0.3, -0.25) is 9.78 Å². The molecule has 1 aliphatic heterocycles. The Balaban J connectivity index is 1.70. The summed E-state index contributed by atoms with van der Waals surface area (Å²) in [5.41, 5.74) is 2.90. The summed E-state index contributed by atoms with van der Waals surface area (Å²) >= 11 is 0. The number of nitrogens with one attached hydrogen (secondary N) is 1. The number of carbonyl (C=O) groups excluding carboxylic acids is 1. The summed E-state index contributed by atoms with van der Waals surface area (Å²) in [4.78, 5) is 16.8. The van der Waals surface area contributed by atoms with E-state index in [0.717, 1.165) is 29.9 Å². The molecule has 1 aliphatic rings. The van der Waals surface area contributed by atoms with E-state index in [4.69, 9.17) is 4.74 Å². The number of hydrogen-bond acceptors (Lipinski definition) is 4. The number of ether oxygens (including phenoxy) is 1. The van der Waals surface area contributed by atoms with Crippen molar-refractivity contribution in [1.82, 2.24) is 10.3 Å². The second-order valence-corrected chi connectivity index (χ2v) is 5.49. The molecule has 1 aromatic carbocycles. The molecule has 1 saturated heterocycles. The van der Waals surface area contributed by atoms with Gasteiger partial charge in [-0.25, -0.2) is 0 Å². The van der Waals surface area contributed by atoms with Gasteiger partial charge in [0.1, 0.15) is 11.9 Å². The van der Waals surface area contributed by atoms with Gasteiger partial charge in [0.25, 0.3) is 0 Å². The molecule has 1 unspecified atom stereocenters. The molecular formula is C18H20N2O2. The lowest BCUT2D eigenvalue weighted by Crippen LogP contribution is -2.34. The van der Waals surface area contributed by atoms with Crippen LogP contribution in [0.2, 0.25) is 0 Å². The minimum atomic E-state index is -0.0607. The van der Waals surface area contributed by atoms with Crippen molar-refractivity contribution in [2.75, 3.05) is 19.7 Å². The minimum Gasteiger partial charge on any atom is -0.369 e. The predicted octanol–water partition coefficient (Wildman–Crippen LogP) is 2.10. The molecule has 1 atom stereocenters. The predicted molar refractivity (Wildman–Crippen MR) is 84.7 cm³/mol. The highest BCUT2D eigenvalue weighted by Crippen LogP contribution is 2.21. The molecule has 2 heterocycles. The third kappa shape index (κ3) is 3.78. The van der Waals surface area contributed by atoms with Crippen molar-refractivity contribution in [3.05, 3.63) is 65.5 Å². The number of hydrogen-bond donors (Lipinski definition) is 1. The zero-order valence-corrected chi connectivity index (χ0v) is 12.5. The van der Waals surface area contributed by atoms with Gasteiger partial charge in [-0.2, -0.15) is 0 Å². The molecule has 1 aromatic heterocycles. The number of Topliss-reactive ketones (excluding diaryl/α,β-unsaturated/α-hetero) is 1. The number of aromatic nitrogens is 1. The van der Waals surface area contributed by atoms with Crippen LogP contribution in [0, 0.1) is 0 Å². The molecule has 1 fully saturated rings. The number of nitrogens with zero attached hydrogens (tertiary/aromatic N) is 1. The molecular weight excluding hydrogens is 276 g/mol. The second kappa shape index (κ2) is 7.29. The molecule has 1 N–H and O–H groups in total. The Kier molecular flexibility index (Phi) is 4.93. The van der Waals surface area contributed by atoms with Crippen molar-refractivity contribution >= 4 is 5.78 Å². The number of pyridine rings is 1. The van der Waals surface area contributed by atoms with E-state index in [-0.39, 0.29) is 11.9 Å². The third-order valence-corrected chi connectivity index (χ3v) is 3.79. The van der Waals surface area contributed by atoms with Gasteiger partial charge in [0.2, 0.25) is 0 Å². The van der Waals surface area contributed by atoms with E-state index in [0.29, 0.717) is 19.4 Å². The summed E-state index contributed by atoms with van der Waals surface area (Å²) in [5, 5.41) is 3.30. The third-order valence-electron chi connectivity index (χ3n) is 3.79. The summed E-state index contributed by atoms with van der Waals surface area (Å²) < 4.78 is 5.77. The van der Waals surface area contributed by atoms with E-state index in [1.807, 2.05) is 42.5 Å². The summed E-state index contributed by atoms with van der Waals surface area (Å²) in [7, 11) is 0. The first kappa shape index (κ1) is 14.9. The van der Waals surface area contributed by atoms with Crippen LogP contribution in [0.5, 0.6) is 0 Å². The van der Waals surface area contributed by atoms with Gasteiger partial charge in [0.05, 0.1) is 12.3 Å². The summed E-state index contributed by atoms with van der Waals surface area (Å²) in [5.74, 6) is 0.198. The molecule has 0 radical (unpaired) electrons. The Morgan fingerprint density at radius 2 is 2.05 bits per heavy atom. The van der Waals surface area contributed by atoms with E-state index in [1.54, 1.807) is 6.20 Å². The van der Waals surface area contributed by atoms with E-state index >= 15 is 0 Å². The van der Waals surface area contributed by atoms with Crippen LogP contribution in [0.1, 0.15) is 22.9 Å². The van der Waals surface area contributed by atoms with Crippen LogP contribution in [-0.2, 0) is 22.4 Å². The number of rotatable bonds is 5. The topological polar surface area (TPSA) is 51.2 Å². The Bertz CT molecular complexity index is 622. The molecule has 114 valence electrons. The highest BCUT2D eigenvalue weighted by Gasteiger charge is 2.21. The summed E-state index contributed by atoms with van der Waals surface area (Å²) in [6, 6.07) is 13.7. The fourth-order valence-corrected chi connectivity index (χ4v) is 2.73. The Morgan fingerprint density at radius 3 is 2.82 bits per heavy atom. The molecule has 0 amide bonds. The quantitative estimate of drug-likeness (QED) is 0.918. The molecule has 3 rings (SSSR count). The summed E-state index contributed by atoms with van der Waals surface area (Å²) in [6.07, 6.45) is 2.56. The van der Waals surface area contributed by atoms with Gasteiger partial charge in [0, 0.05) is 32.1 Å². The standard InChI is InChI=1S/C18H20N2O2/c21-16(11-14-5-2-1-3-6-14)12-15-7-4-8-20-18(15)17-13-19-9-10-22-17/h1-8,17,19H,9-13H2. The normalized spacial score (nSPS) is 18.1. The van der Waals surface area contributed by atoms with Crippen molar-refractivity contribution in [3.8, 4) is 0 Å². The summed E-state index contributed by atoms with van der Waals surface area (Å²) in [6.45, 7) is 2.29. The lowest BCUT2D eigenvalue weighted by Gasteiger charge is -2.24. The van der Waals surface area contributed by atoms with Crippen LogP contribution in [0.4, 0.5) is 0 Å². The average molecular weight is 296 g/mol. The molecule has 2 aromatic rings. The van der Waals surface area contributed by atoms with Crippen LogP contribution in [0.25, 0.3) is 0 Å². The number of benzene rings is 1. The first-order valence-corrected chi connectivity index (χ1v) is 7.64. The van der Waals surface area contributed by atoms with Gasteiger partial charge in [-0.15, -0.1) is 0 Å². The Labute approximate surface area is 130 Å². The Morgan fingerprint density at radius 1 is 1.18 bits per heavy atom. The minimum absolute atomic E-state index is 0.0607. The van der Waals surface area contributed by atoms with E-state index in [9.17, 15) is 4.79 Å². The number of carbonyl (C=O) groups is 1. The average Bonchev–Trinajstić information content (AvgIpc) is 2.57. The van der Waals surface area contributed by atoms with Crippen LogP contribution < -0.4 is 5.32 Å². The largest absolute Gasteiger partial charge is 0.369 e. The molecule has 4 heteroatoms. The first-order valence-electron chi connectivity index (χ1n) is 7.64. The van der Waals surface area contributed by atoms with E-state index in [2.05, 4.69) is 10.3 Å². The van der Waals surface area contributed by atoms with Crippen molar-refractivity contribution in [2.24, 2.45) is 0 Å². The maximum Gasteiger partial charge on any atom is 0.141 e. The Hall–Kier alpha value is -2.04. The molecule has 4 nitrogen and oxygen atoms in total. The fourth-order valence-electron chi connectivity index (χ4n) is 2.73. The first-order chi connectivity index (χ1) is 10.8. The maximum atomic E-state index is 12.3. The van der Waals surface area contributed by atoms with Crippen molar-refractivity contribution in [3.63, 3.8) is 0 Å². The van der Waals surface area contributed by atoms with E-state index in [1.165, 1.54) is 0 Å². The monoisotopic (exact) mass is 296 g/mol. The van der Waals surface area contributed by atoms with Crippen molar-refractivity contribution in [1.29, 1.82) is 0 Å². The highest BCUT2D eigenvalue weighted by atomic mass is 16.5. The van der Waals surface area contributed by atoms with Gasteiger partial charge in [-0.05, 0) is 17.2 Å². The van der Waals surface area contributed by atoms with Gasteiger partial charge in [0.15, 0.2) is 0 Å². The molecule has 0 bridgehead atoms. The second-order valence-electron chi connectivity index (χ2n) is 5.49. The van der Waals surface area contributed by atoms with Gasteiger partial charge < -0.3 is 10.1 Å². The number of morpholine rings is 1.